The maximum Gasteiger partial charge on any atom is 0.243 e. The van der Waals surface area contributed by atoms with Crippen LogP contribution in [0.25, 0.3) is 0 Å². The van der Waals surface area contributed by atoms with Crippen molar-refractivity contribution < 1.29 is 13.2 Å². The van der Waals surface area contributed by atoms with Crippen LogP contribution >= 0.6 is 11.3 Å². The number of ether oxygens (including phenoxy) is 1. The van der Waals surface area contributed by atoms with E-state index >= 15 is 0 Å². The van der Waals surface area contributed by atoms with Crippen LogP contribution < -0.4 is 4.74 Å². The zero-order valence-corrected chi connectivity index (χ0v) is 12.2. The van der Waals surface area contributed by atoms with Gasteiger partial charge in [-0.2, -0.15) is 4.31 Å². The minimum atomic E-state index is -3.50. The number of thiazole rings is 1. The highest BCUT2D eigenvalue weighted by Gasteiger charge is 2.21. The molecule has 0 aliphatic carbocycles. The van der Waals surface area contributed by atoms with Gasteiger partial charge in [0.25, 0.3) is 0 Å². The molecule has 102 valence electrons. The van der Waals surface area contributed by atoms with Gasteiger partial charge in [0.15, 0.2) is 0 Å². The molecule has 5 nitrogen and oxygen atoms in total. The van der Waals surface area contributed by atoms with Gasteiger partial charge in [0.1, 0.15) is 5.75 Å². The summed E-state index contributed by atoms with van der Waals surface area (Å²) >= 11 is 1.44. The Morgan fingerprint density at radius 1 is 1.32 bits per heavy atom. The minimum Gasteiger partial charge on any atom is -0.497 e. The van der Waals surface area contributed by atoms with Crippen molar-refractivity contribution in [3.63, 3.8) is 0 Å². The molecular formula is C12H14N2O3S2. The lowest BCUT2D eigenvalue weighted by atomic mass is 10.3. The number of benzene rings is 1. The molecule has 0 bridgehead atoms. The van der Waals surface area contributed by atoms with Crippen LogP contribution in [0, 0.1) is 0 Å². The summed E-state index contributed by atoms with van der Waals surface area (Å²) in [5.41, 5.74) is 2.42. The van der Waals surface area contributed by atoms with E-state index in [2.05, 4.69) is 4.98 Å². The van der Waals surface area contributed by atoms with Crippen molar-refractivity contribution in [1.29, 1.82) is 0 Å². The third-order valence-corrected chi connectivity index (χ3v) is 5.09. The van der Waals surface area contributed by atoms with Crippen LogP contribution in [0.15, 0.2) is 40.1 Å². The van der Waals surface area contributed by atoms with Crippen LogP contribution in [0.2, 0.25) is 0 Å². The Morgan fingerprint density at radius 3 is 2.53 bits per heavy atom. The topological polar surface area (TPSA) is 59.5 Å². The summed E-state index contributed by atoms with van der Waals surface area (Å²) < 4.78 is 30.9. The van der Waals surface area contributed by atoms with Gasteiger partial charge in [-0.05, 0) is 24.3 Å². The Bertz CT molecular complexity index is 622. The van der Waals surface area contributed by atoms with Gasteiger partial charge in [0, 0.05) is 12.4 Å². The second-order valence-electron chi connectivity index (χ2n) is 3.92. The standard InChI is InChI=1S/C12H14N2O3S2/c1-14(7-10-8-18-9-13-10)19(15,16)12-5-3-11(17-2)4-6-12/h3-6,8-9H,7H2,1-2H3. The Kier molecular flexibility index (Phi) is 4.18. The second-order valence-corrected chi connectivity index (χ2v) is 6.68. The fourth-order valence-corrected chi connectivity index (χ4v) is 3.25. The lowest BCUT2D eigenvalue weighted by molar-refractivity contribution is 0.414. The molecule has 1 aromatic carbocycles. The quantitative estimate of drug-likeness (QED) is 0.847. The van der Waals surface area contributed by atoms with Gasteiger partial charge in [-0.1, -0.05) is 0 Å². The van der Waals surface area contributed by atoms with Crippen LogP contribution in [0.5, 0.6) is 5.75 Å². The van der Waals surface area contributed by atoms with Crippen molar-refractivity contribution in [3.8, 4) is 5.75 Å². The number of hydrogen-bond donors (Lipinski definition) is 0. The summed E-state index contributed by atoms with van der Waals surface area (Å²) in [6.45, 7) is 0.262. The monoisotopic (exact) mass is 298 g/mol. The molecule has 7 heteroatoms. The maximum atomic E-state index is 12.3. The maximum absolute atomic E-state index is 12.3. The molecule has 0 saturated carbocycles. The average Bonchev–Trinajstić information content (AvgIpc) is 2.91. The highest BCUT2D eigenvalue weighted by atomic mass is 32.2. The van der Waals surface area contributed by atoms with Crippen LogP contribution in [0.1, 0.15) is 5.69 Å². The van der Waals surface area contributed by atoms with E-state index in [0.29, 0.717) is 5.75 Å². The van der Waals surface area contributed by atoms with E-state index < -0.39 is 10.0 Å². The van der Waals surface area contributed by atoms with Gasteiger partial charge in [0.05, 0.1) is 29.8 Å². The summed E-state index contributed by atoms with van der Waals surface area (Å²) in [4.78, 5) is 4.32. The molecule has 0 atom stereocenters. The highest BCUT2D eigenvalue weighted by molar-refractivity contribution is 7.89. The number of sulfonamides is 1. The van der Waals surface area contributed by atoms with Gasteiger partial charge in [-0.25, -0.2) is 13.4 Å². The molecule has 0 N–H and O–H groups in total. The molecule has 19 heavy (non-hydrogen) atoms. The first-order valence-corrected chi connectivity index (χ1v) is 7.90. The molecule has 0 fully saturated rings. The lowest BCUT2D eigenvalue weighted by Gasteiger charge is -2.16. The minimum absolute atomic E-state index is 0.242. The molecule has 0 unspecified atom stereocenters. The molecule has 0 aliphatic rings. The Hall–Kier alpha value is -1.44. The zero-order chi connectivity index (χ0) is 13.9. The van der Waals surface area contributed by atoms with E-state index in [1.807, 2.05) is 5.38 Å². The van der Waals surface area contributed by atoms with E-state index in [4.69, 9.17) is 4.74 Å². The molecule has 1 heterocycles. The second kappa shape index (κ2) is 5.68. The molecule has 2 rings (SSSR count). The summed E-state index contributed by atoms with van der Waals surface area (Å²) in [7, 11) is -0.417. The fraction of sp³-hybridized carbons (Fsp3) is 0.250. The van der Waals surface area contributed by atoms with Gasteiger partial charge < -0.3 is 4.74 Å². The molecule has 1 aromatic heterocycles. The Morgan fingerprint density at radius 2 is 2.00 bits per heavy atom. The molecule has 0 radical (unpaired) electrons. The van der Waals surface area contributed by atoms with Crippen molar-refractivity contribution in [2.24, 2.45) is 0 Å². The van der Waals surface area contributed by atoms with Gasteiger partial charge in [0.2, 0.25) is 10.0 Å². The zero-order valence-electron chi connectivity index (χ0n) is 10.6. The van der Waals surface area contributed by atoms with E-state index in [1.54, 1.807) is 24.7 Å². The van der Waals surface area contributed by atoms with Crippen molar-refractivity contribution in [3.05, 3.63) is 40.8 Å². The summed E-state index contributed by atoms with van der Waals surface area (Å²) in [5, 5.41) is 1.83. The molecular weight excluding hydrogens is 284 g/mol. The SMILES string of the molecule is COc1ccc(S(=O)(=O)N(C)Cc2cscn2)cc1. The van der Waals surface area contributed by atoms with E-state index in [9.17, 15) is 8.42 Å². The number of aromatic nitrogens is 1. The summed E-state index contributed by atoms with van der Waals surface area (Å²) in [6, 6.07) is 6.32. The van der Waals surface area contributed by atoms with Gasteiger partial charge >= 0.3 is 0 Å². The molecule has 2 aromatic rings. The van der Waals surface area contributed by atoms with Crippen molar-refractivity contribution in [1.82, 2.24) is 9.29 Å². The molecule has 0 aliphatic heterocycles. The predicted octanol–water partition coefficient (Wildman–Crippen LogP) is 1.97. The Balaban J connectivity index is 2.20. The largest absolute Gasteiger partial charge is 0.497 e. The van der Waals surface area contributed by atoms with Crippen molar-refractivity contribution in [2.45, 2.75) is 11.4 Å². The third-order valence-electron chi connectivity index (χ3n) is 2.64. The number of nitrogens with zero attached hydrogens (tertiary/aromatic N) is 2. The van der Waals surface area contributed by atoms with Crippen LogP contribution in [-0.2, 0) is 16.6 Å². The van der Waals surface area contributed by atoms with Crippen molar-refractivity contribution >= 4 is 21.4 Å². The fourth-order valence-electron chi connectivity index (χ4n) is 1.56. The van der Waals surface area contributed by atoms with Gasteiger partial charge in [-0.15, -0.1) is 11.3 Å². The van der Waals surface area contributed by atoms with Crippen molar-refractivity contribution in [2.75, 3.05) is 14.2 Å². The third kappa shape index (κ3) is 3.12. The number of rotatable bonds is 5. The van der Waals surface area contributed by atoms with Gasteiger partial charge in [-0.3, -0.25) is 0 Å². The van der Waals surface area contributed by atoms with Crippen LogP contribution in [0.3, 0.4) is 0 Å². The predicted molar refractivity (Wildman–Crippen MR) is 73.8 cm³/mol. The first-order chi connectivity index (χ1) is 9.04. The van der Waals surface area contributed by atoms with E-state index in [-0.39, 0.29) is 11.4 Å². The summed E-state index contributed by atoms with van der Waals surface area (Å²) in [6.07, 6.45) is 0. The average molecular weight is 298 g/mol. The smallest absolute Gasteiger partial charge is 0.243 e. The molecule has 0 spiro atoms. The first kappa shape index (κ1) is 14.0. The lowest BCUT2D eigenvalue weighted by Crippen LogP contribution is -2.26. The first-order valence-electron chi connectivity index (χ1n) is 5.51. The molecule has 0 saturated heterocycles. The Labute approximate surface area is 116 Å². The normalized spacial score (nSPS) is 11.7. The highest BCUT2D eigenvalue weighted by Crippen LogP contribution is 2.19. The van der Waals surface area contributed by atoms with Crippen LogP contribution in [0.4, 0.5) is 0 Å². The van der Waals surface area contributed by atoms with Crippen LogP contribution in [-0.4, -0.2) is 31.9 Å². The summed E-state index contributed by atoms with van der Waals surface area (Å²) in [5.74, 6) is 0.626. The van der Waals surface area contributed by atoms with E-state index in [1.165, 1.54) is 34.9 Å². The number of hydrogen-bond acceptors (Lipinski definition) is 5. The number of methoxy groups -OCH3 is 1. The van der Waals surface area contributed by atoms with E-state index in [0.717, 1.165) is 5.69 Å². The molecule has 0 amide bonds.